The summed E-state index contributed by atoms with van der Waals surface area (Å²) in [5.74, 6) is 0. The van der Waals surface area contributed by atoms with Crippen LogP contribution in [0.25, 0.3) is 0 Å². The Labute approximate surface area is 71.2 Å². The maximum atomic E-state index is 10.6. The minimum Gasteiger partial charge on any atom is -0.367 e. The maximum Gasteiger partial charge on any atom is 0.152 e. The molecule has 11 heavy (non-hydrogen) atoms. The van der Waals surface area contributed by atoms with E-state index in [1.54, 1.807) is 6.08 Å². The Balaban J connectivity index is 2.52. The Morgan fingerprint density at radius 2 is 2.45 bits per heavy atom. The Kier molecular flexibility index (Phi) is 3.09. The van der Waals surface area contributed by atoms with Crippen LogP contribution in [0.15, 0.2) is 11.6 Å². The molecule has 1 aliphatic rings. The molecule has 0 radical (unpaired) electrons. The van der Waals surface area contributed by atoms with E-state index in [2.05, 4.69) is 0 Å². The normalized spacial score (nSPS) is 31.4. The van der Waals surface area contributed by atoms with Gasteiger partial charge in [0.2, 0.25) is 0 Å². The lowest BCUT2D eigenvalue weighted by atomic mass is 9.98. The molecule has 1 atom stereocenters. The summed E-state index contributed by atoms with van der Waals surface area (Å²) >= 11 is 5.35. The summed E-state index contributed by atoms with van der Waals surface area (Å²) in [7, 11) is 0. The first-order chi connectivity index (χ1) is 5.33. The minimum absolute atomic E-state index is 0.564. The third-order valence-corrected chi connectivity index (χ3v) is 2.08. The van der Waals surface area contributed by atoms with E-state index >= 15 is 0 Å². The zero-order valence-corrected chi connectivity index (χ0v) is 7.01. The largest absolute Gasteiger partial charge is 0.367 e. The molecule has 0 N–H and O–H groups in total. The molecule has 62 valence electrons. The van der Waals surface area contributed by atoms with E-state index in [-0.39, 0.29) is 0 Å². The molecule has 1 aliphatic heterocycles. The van der Waals surface area contributed by atoms with Gasteiger partial charge in [-0.25, -0.2) is 0 Å². The molecule has 1 rings (SSSR count). The highest BCUT2D eigenvalue weighted by molar-refractivity contribution is 6.25. The summed E-state index contributed by atoms with van der Waals surface area (Å²) in [6.07, 6.45) is 5.02. The van der Waals surface area contributed by atoms with Gasteiger partial charge >= 0.3 is 0 Å². The van der Waals surface area contributed by atoms with Crippen molar-refractivity contribution >= 4 is 17.9 Å². The lowest BCUT2D eigenvalue weighted by Crippen LogP contribution is -2.28. The van der Waals surface area contributed by atoms with E-state index in [9.17, 15) is 4.79 Å². The number of rotatable bonds is 3. The van der Waals surface area contributed by atoms with E-state index in [1.807, 2.05) is 0 Å². The van der Waals surface area contributed by atoms with Gasteiger partial charge in [-0.3, -0.25) is 0 Å². The average Bonchev–Trinajstić information content (AvgIpc) is 2.50. The number of halogens is 1. The lowest BCUT2D eigenvalue weighted by molar-refractivity contribution is -0.125. The van der Waals surface area contributed by atoms with Gasteiger partial charge in [0, 0.05) is 18.6 Å². The number of carbonyl (C=O) groups excluding carboxylic acids is 1. The first kappa shape index (κ1) is 8.75. The number of carbonyl (C=O) groups is 1. The fourth-order valence-corrected chi connectivity index (χ4v) is 1.35. The second-order valence-corrected chi connectivity index (χ2v) is 2.95. The molecule has 3 heteroatoms. The smallest absolute Gasteiger partial charge is 0.152 e. The highest BCUT2D eigenvalue weighted by Crippen LogP contribution is 2.27. The molecule has 1 saturated heterocycles. The monoisotopic (exact) mass is 174 g/mol. The predicted octanol–water partition coefficient (Wildman–Crippen LogP) is 1.88. The third-order valence-electron chi connectivity index (χ3n) is 1.90. The van der Waals surface area contributed by atoms with Crippen molar-refractivity contribution in [1.82, 2.24) is 0 Å². The van der Waals surface area contributed by atoms with Crippen molar-refractivity contribution in [3.63, 3.8) is 0 Å². The fourth-order valence-electron chi connectivity index (χ4n) is 1.27. The van der Waals surface area contributed by atoms with Crippen LogP contribution in [-0.4, -0.2) is 18.5 Å². The van der Waals surface area contributed by atoms with Gasteiger partial charge < -0.3 is 9.53 Å². The minimum atomic E-state index is -0.564. The summed E-state index contributed by atoms with van der Waals surface area (Å²) in [6, 6.07) is 0. The standard InChI is InChI=1S/C8H11ClO2/c9-5-1-3-8(7-10)4-2-6-11-8/h1,5,7H,2-4,6H2/b5-1+. The van der Waals surface area contributed by atoms with Crippen molar-refractivity contribution in [2.24, 2.45) is 0 Å². The summed E-state index contributed by atoms with van der Waals surface area (Å²) in [6.45, 7) is 0.689. The number of ether oxygens (including phenoxy) is 1. The van der Waals surface area contributed by atoms with Gasteiger partial charge in [-0.2, -0.15) is 0 Å². The number of hydrogen-bond acceptors (Lipinski definition) is 2. The molecule has 1 fully saturated rings. The van der Waals surface area contributed by atoms with Crippen LogP contribution in [0, 0.1) is 0 Å². The summed E-state index contributed by atoms with van der Waals surface area (Å²) < 4.78 is 5.31. The van der Waals surface area contributed by atoms with Gasteiger partial charge in [0.15, 0.2) is 6.29 Å². The maximum absolute atomic E-state index is 10.6. The van der Waals surface area contributed by atoms with Crippen LogP contribution < -0.4 is 0 Å². The second-order valence-electron chi connectivity index (χ2n) is 2.70. The van der Waals surface area contributed by atoms with E-state index in [0.29, 0.717) is 13.0 Å². The summed E-state index contributed by atoms with van der Waals surface area (Å²) in [4.78, 5) is 10.6. The Morgan fingerprint density at radius 1 is 1.64 bits per heavy atom. The van der Waals surface area contributed by atoms with E-state index in [1.165, 1.54) is 5.54 Å². The lowest BCUT2D eigenvalue weighted by Gasteiger charge is -2.18. The van der Waals surface area contributed by atoms with Crippen molar-refractivity contribution in [3.8, 4) is 0 Å². The molecule has 0 aromatic rings. The first-order valence-corrected chi connectivity index (χ1v) is 4.12. The highest BCUT2D eigenvalue weighted by Gasteiger charge is 2.33. The SMILES string of the molecule is O=CC1(C/C=C/Cl)CCCO1. The van der Waals surface area contributed by atoms with Gasteiger partial charge in [-0.1, -0.05) is 17.7 Å². The molecule has 0 spiro atoms. The zero-order valence-electron chi connectivity index (χ0n) is 6.25. The van der Waals surface area contributed by atoms with Gasteiger partial charge in [0.1, 0.15) is 5.60 Å². The number of aldehydes is 1. The van der Waals surface area contributed by atoms with Gasteiger partial charge in [-0.15, -0.1) is 0 Å². The van der Waals surface area contributed by atoms with Crippen LogP contribution >= 0.6 is 11.6 Å². The van der Waals surface area contributed by atoms with E-state index < -0.39 is 5.60 Å². The molecule has 0 bridgehead atoms. The van der Waals surface area contributed by atoms with Crippen LogP contribution in [0.1, 0.15) is 19.3 Å². The Hall–Kier alpha value is -0.340. The molecule has 1 heterocycles. The summed E-state index contributed by atoms with van der Waals surface area (Å²) in [5, 5.41) is 0. The molecule has 0 aliphatic carbocycles. The summed E-state index contributed by atoms with van der Waals surface area (Å²) in [5.41, 5.74) is 0.859. The second kappa shape index (κ2) is 3.88. The Morgan fingerprint density at radius 3 is 2.91 bits per heavy atom. The van der Waals surface area contributed by atoms with Crippen LogP contribution in [0.2, 0.25) is 0 Å². The van der Waals surface area contributed by atoms with Crippen LogP contribution in [0.3, 0.4) is 0 Å². The fraction of sp³-hybridized carbons (Fsp3) is 0.625. The average molecular weight is 175 g/mol. The van der Waals surface area contributed by atoms with Crippen LogP contribution in [0.4, 0.5) is 0 Å². The van der Waals surface area contributed by atoms with Gasteiger partial charge in [0.25, 0.3) is 0 Å². The van der Waals surface area contributed by atoms with Crippen LogP contribution in [0.5, 0.6) is 0 Å². The van der Waals surface area contributed by atoms with Crippen molar-refractivity contribution in [2.75, 3.05) is 6.61 Å². The van der Waals surface area contributed by atoms with Crippen molar-refractivity contribution < 1.29 is 9.53 Å². The molecular formula is C8H11ClO2. The molecule has 0 aromatic heterocycles. The molecule has 0 aromatic carbocycles. The first-order valence-electron chi connectivity index (χ1n) is 3.68. The molecule has 2 nitrogen and oxygen atoms in total. The molecular weight excluding hydrogens is 164 g/mol. The number of hydrogen-bond donors (Lipinski definition) is 0. The molecule has 0 saturated carbocycles. The molecule has 1 unspecified atom stereocenters. The topological polar surface area (TPSA) is 26.3 Å². The molecule has 0 amide bonds. The van der Waals surface area contributed by atoms with Crippen LogP contribution in [-0.2, 0) is 9.53 Å². The van der Waals surface area contributed by atoms with Gasteiger partial charge in [-0.05, 0) is 12.8 Å². The van der Waals surface area contributed by atoms with Crippen molar-refractivity contribution in [3.05, 3.63) is 11.6 Å². The third kappa shape index (κ3) is 2.04. The van der Waals surface area contributed by atoms with Crippen molar-refractivity contribution in [1.29, 1.82) is 0 Å². The zero-order chi connectivity index (χ0) is 8.16. The van der Waals surface area contributed by atoms with Crippen molar-refractivity contribution in [2.45, 2.75) is 24.9 Å². The van der Waals surface area contributed by atoms with E-state index in [4.69, 9.17) is 16.3 Å². The Bertz CT molecular complexity index is 159. The highest BCUT2D eigenvalue weighted by atomic mass is 35.5. The van der Waals surface area contributed by atoms with Gasteiger partial charge in [0.05, 0.1) is 0 Å². The quantitative estimate of drug-likeness (QED) is 0.611. The van der Waals surface area contributed by atoms with E-state index in [0.717, 1.165) is 19.1 Å². The predicted molar refractivity (Wildman–Crippen MR) is 43.6 cm³/mol.